The van der Waals surface area contributed by atoms with E-state index in [1.54, 1.807) is 0 Å². The van der Waals surface area contributed by atoms with E-state index in [0.29, 0.717) is 12.1 Å². The number of nitro groups is 1. The molecule has 1 aliphatic heterocycles. The Morgan fingerprint density at radius 3 is 2.36 bits per heavy atom. The zero-order chi connectivity index (χ0) is 21.2. The van der Waals surface area contributed by atoms with Gasteiger partial charge in [0, 0.05) is 6.07 Å². The lowest BCUT2D eigenvalue weighted by Crippen LogP contribution is -2.39. The maximum absolute atomic E-state index is 13.2. The largest absolute Gasteiger partial charge is 0.466 e. The summed E-state index contributed by atoms with van der Waals surface area (Å²) in [6.07, 6.45) is -4.93. The first kappa shape index (κ1) is 21.4. The van der Waals surface area contributed by atoms with Crippen molar-refractivity contribution in [3.8, 4) is 0 Å². The third-order valence-electron chi connectivity index (χ3n) is 3.69. The van der Waals surface area contributed by atoms with Crippen molar-refractivity contribution in [2.75, 3.05) is 32.5 Å². The molecule has 2 rings (SSSR count). The van der Waals surface area contributed by atoms with Crippen LogP contribution in [0.1, 0.15) is 5.56 Å². The van der Waals surface area contributed by atoms with E-state index in [9.17, 15) is 32.9 Å². The number of nitro benzene ring substituents is 1. The average molecular weight is 425 g/mol. The molecule has 1 aromatic rings. The molecule has 0 aromatic heterocycles. The monoisotopic (exact) mass is 424 g/mol. The van der Waals surface area contributed by atoms with Gasteiger partial charge in [0.2, 0.25) is 0 Å². The maximum atomic E-state index is 13.2. The molecule has 152 valence electrons. The summed E-state index contributed by atoms with van der Waals surface area (Å²) >= 11 is 5.54. The molecule has 0 fully saturated rings. The number of rotatable bonds is 4. The summed E-state index contributed by atoms with van der Waals surface area (Å²) in [6, 6.07) is 0.897. The van der Waals surface area contributed by atoms with Crippen molar-refractivity contribution in [1.82, 2.24) is 0 Å². The highest BCUT2D eigenvalue weighted by Crippen LogP contribution is 2.43. The van der Waals surface area contributed by atoms with Crippen molar-refractivity contribution in [2.45, 2.75) is 6.18 Å². The fourth-order valence-electron chi connectivity index (χ4n) is 2.46. The van der Waals surface area contributed by atoms with Gasteiger partial charge in [-0.3, -0.25) is 10.1 Å². The van der Waals surface area contributed by atoms with Crippen LogP contribution in [-0.4, -0.2) is 44.4 Å². The van der Waals surface area contributed by atoms with Crippen LogP contribution in [0, 0.1) is 10.1 Å². The van der Waals surface area contributed by atoms with Crippen LogP contribution in [0.15, 0.2) is 23.4 Å². The Balaban J connectivity index is 2.81. The molecule has 0 radical (unpaired) electrons. The van der Waals surface area contributed by atoms with Gasteiger partial charge in [-0.1, -0.05) is 11.6 Å². The SMILES string of the molecule is COC(=O)C1=C(C(=O)OC)N(c2cc(C(F)(F)F)c(Cl)cc2[N+](=O)[O-])COC1. The van der Waals surface area contributed by atoms with E-state index in [1.165, 1.54) is 0 Å². The summed E-state index contributed by atoms with van der Waals surface area (Å²) in [5, 5.41) is 10.5. The predicted molar refractivity (Wildman–Crippen MR) is 87.5 cm³/mol. The van der Waals surface area contributed by atoms with Crippen LogP contribution in [0.25, 0.3) is 0 Å². The molecule has 0 N–H and O–H groups in total. The summed E-state index contributed by atoms with van der Waals surface area (Å²) in [4.78, 5) is 35.3. The Morgan fingerprint density at radius 1 is 1.25 bits per heavy atom. The van der Waals surface area contributed by atoms with Crippen molar-refractivity contribution < 1.29 is 41.9 Å². The normalized spacial score (nSPS) is 14.7. The molecule has 0 bridgehead atoms. The molecule has 0 unspecified atom stereocenters. The Kier molecular flexibility index (Phi) is 6.14. The number of halogens is 4. The Labute approximate surface area is 160 Å². The minimum absolute atomic E-state index is 0.376. The first-order chi connectivity index (χ1) is 13.0. The summed E-state index contributed by atoms with van der Waals surface area (Å²) in [7, 11) is 1.98. The molecule has 0 aliphatic carbocycles. The van der Waals surface area contributed by atoms with Gasteiger partial charge in [-0.2, -0.15) is 13.2 Å². The molecule has 1 aliphatic rings. The zero-order valence-electron chi connectivity index (χ0n) is 14.3. The highest BCUT2D eigenvalue weighted by Gasteiger charge is 2.40. The highest BCUT2D eigenvalue weighted by atomic mass is 35.5. The number of esters is 2. The number of carbonyl (C=O) groups excluding carboxylic acids is 2. The van der Waals surface area contributed by atoms with Gasteiger partial charge in [0.05, 0.1) is 41.9 Å². The fourth-order valence-corrected chi connectivity index (χ4v) is 2.73. The van der Waals surface area contributed by atoms with Crippen LogP contribution in [0.2, 0.25) is 5.02 Å². The zero-order valence-corrected chi connectivity index (χ0v) is 15.1. The van der Waals surface area contributed by atoms with Gasteiger partial charge in [-0.05, 0) is 6.07 Å². The lowest BCUT2D eigenvalue weighted by Gasteiger charge is -2.31. The minimum atomic E-state index is -4.93. The van der Waals surface area contributed by atoms with E-state index < -0.39 is 64.0 Å². The van der Waals surface area contributed by atoms with E-state index >= 15 is 0 Å². The van der Waals surface area contributed by atoms with Crippen LogP contribution in [0.5, 0.6) is 0 Å². The molecule has 9 nitrogen and oxygen atoms in total. The van der Waals surface area contributed by atoms with Crippen LogP contribution < -0.4 is 4.90 Å². The second-order valence-electron chi connectivity index (χ2n) is 5.29. The number of methoxy groups -OCH3 is 2. The van der Waals surface area contributed by atoms with Gasteiger partial charge in [-0.25, -0.2) is 9.59 Å². The van der Waals surface area contributed by atoms with Crippen LogP contribution in [0.4, 0.5) is 24.5 Å². The number of nitrogens with zero attached hydrogens (tertiary/aromatic N) is 2. The van der Waals surface area contributed by atoms with Gasteiger partial charge >= 0.3 is 18.1 Å². The molecule has 0 spiro atoms. The third-order valence-corrected chi connectivity index (χ3v) is 4.00. The first-order valence-electron chi connectivity index (χ1n) is 7.33. The van der Waals surface area contributed by atoms with Crippen molar-refractivity contribution in [2.24, 2.45) is 0 Å². The number of benzene rings is 1. The molecular weight excluding hydrogens is 413 g/mol. The van der Waals surface area contributed by atoms with Crippen molar-refractivity contribution in [3.63, 3.8) is 0 Å². The van der Waals surface area contributed by atoms with Crippen LogP contribution in [-0.2, 0) is 30.0 Å². The number of alkyl halides is 3. The van der Waals surface area contributed by atoms with Crippen molar-refractivity contribution in [1.29, 1.82) is 0 Å². The molecular formula is C15H12ClF3N2O7. The molecule has 0 saturated carbocycles. The van der Waals surface area contributed by atoms with Crippen LogP contribution in [0.3, 0.4) is 0 Å². The van der Waals surface area contributed by atoms with E-state index in [0.717, 1.165) is 19.1 Å². The predicted octanol–water partition coefficient (Wildman–Crippen LogP) is 2.66. The Morgan fingerprint density at radius 2 is 1.86 bits per heavy atom. The summed E-state index contributed by atoms with van der Waals surface area (Å²) < 4.78 is 53.9. The minimum Gasteiger partial charge on any atom is -0.466 e. The molecule has 0 saturated heterocycles. The van der Waals surface area contributed by atoms with Crippen molar-refractivity contribution in [3.05, 3.63) is 44.1 Å². The topological polar surface area (TPSA) is 108 Å². The molecule has 1 heterocycles. The van der Waals surface area contributed by atoms with E-state index in [4.69, 9.17) is 16.3 Å². The van der Waals surface area contributed by atoms with E-state index in [1.807, 2.05) is 0 Å². The lowest BCUT2D eigenvalue weighted by atomic mass is 10.1. The standard InChI is InChI=1S/C15H12ClF3N2O7/c1-26-13(22)7-5-28-6-20(12(7)14(23)27-2)10-3-8(15(17,18)19)9(16)4-11(10)21(24)25/h3-4H,5-6H2,1-2H3. The third kappa shape index (κ3) is 4.02. The van der Waals surface area contributed by atoms with Gasteiger partial charge in [0.1, 0.15) is 18.1 Å². The molecule has 13 heteroatoms. The van der Waals surface area contributed by atoms with Crippen LogP contribution >= 0.6 is 11.6 Å². The van der Waals surface area contributed by atoms with Gasteiger partial charge in [0.15, 0.2) is 0 Å². The molecule has 1 aromatic carbocycles. The highest BCUT2D eigenvalue weighted by molar-refractivity contribution is 6.31. The van der Waals surface area contributed by atoms with Gasteiger partial charge in [0.25, 0.3) is 5.69 Å². The second kappa shape index (κ2) is 8.02. The Hall–Kier alpha value is -2.86. The average Bonchev–Trinajstić information content (AvgIpc) is 2.64. The number of ether oxygens (including phenoxy) is 3. The Bertz CT molecular complexity index is 870. The van der Waals surface area contributed by atoms with Crippen molar-refractivity contribution >= 4 is 34.9 Å². The molecule has 0 amide bonds. The molecule has 0 atom stereocenters. The quantitative estimate of drug-likeness (QED) is 0.412. The second-order valence-corrected chi connectivity index (χ2v) is 5.70. The van der Waals surface area contributed by atoms with E-state index in [2.05, 4.69) is 9.47 Å². The van der Waals surface area contributed by atoms with Gasteiger partial charge < -0.3 is 19.1 Å². The summed E-state index contributed by atoms with van der Waals surface area (Å²) in [6.45, 7) is -0.980. The lowest BCUT2D eigenvalue weighted by molar-refractivity contribution is -0.384. The number of carbonyl (C=O) groups is 2. The molecule has 28 heavy (non-hydrogen) atoms. The maximum Gasteiger partial charge on any atom is 0.417 e. The smallest absolute Gasteiger partial charge is 0.417 e. The van der Waals surface area contributed by atoms with Gasteiger partial charge in [-0.15, -0.1) is 0 Å². The number of hydrogen-bond acceptors (Lipinski definition) is 8. The fraction of sp³-hybridized carbons (Fsp3) is 0.333. The van der Waals surface area contributed by atoms with E-state index in [-0.39, 0.29) is 5.57 Å². The number of anilines is 1. The number of hydrogen-bond donors (Lipinski definition) is 0. The summed E-state index contributed by atoms with van der Waals surface area (Å²) in [5.74, 6) is -2.14. The first-order valence-corrected chi connectivity index (χ1v) is 7.70. The summed E-state index contributed by atoms with van der Waals surface area (Å²) in [5.41, 5.74) is -3.79.